The molecular formula is C13H25Cl2N3O. The van der Waals surface area contributed by atoms with Crippen molar-refractivity contribution in [2.75, 3.05) is 26.2 Å². The molecule has 0 aliphatic carbocycles. The number of hydrogen-bond acceptors (Lipinski definition) is 3. The Morgan fingerprint density at radius 1 is 1.11 bits per heavy atom. The molecule has 0 radical (unpaired) electrons. The largest absolute Gasteiger partial charge is 0.351 e. The van der Waals surface area contributed by atoms with E-state index in [1.807, 2.05) is 0 Å². The molecular weight excluding hydrogens is 285 g/mol. The van der Waals surface area contributed by atoms with E-state index in [0.717, 1.165) is 25.9 Å². The minimum Gasteiger partial charge on any atom is -0.351 e. The van der Waals surface area contributed by atoms with Crippen LogP contribution in [0, 0.1) is 5.92 Å². The van der Waals surface area contributed by atoms with Crippen molar-refractivity contribution in [3.8, 4) is 0 Å². The summed E-state index contributed by atoms with van der Waals surface area (Å²) in [5, 5.41) is 6.56. The summed E-state index contributed by atoms with van der Waals surface area (Å²) < 4.78 is 0. The van der Waals surface area contributed by atoms with Gasteiger partial charge in [0.1, 0.15) is 0 Å². The van der Waals surface area contributed by atoms with Gasteiger partial charge in [-0.1, -0.05) is 6.42 Å². The van der Waals surface area contributed by atoms with Crippen LogP contribution < -0.4 is 10.6 Å². The standard InChI is InChI=1S/C13H23N3O.2ClH/c17-13(10-4-6-14-9-10)15-11-5-8-16-7-2-1-3-12(11)16;;/h10-12,14H,1-9H2,(H,15,17);2*1H. The minimum atomic E-state index is 0. The van der Waals surface area contributed by atoms with E-state index in [4.69, 9.17) is 0 Å². The van der Waals surface area contributed by atoms with Crippen LogP contribution in [0.15, 0.2) is 0 Å². The number of amides is 1. The zero-order valence-corrected chi connectivity index (χ0v) is 12.9. The van der Waals surface area contributed by atoms with Gasteiger partial charge in [0.05, 0.1) is 5.92 Å². The van der Waals surface area contributed by atoms with Crippen molar-refractivity contribution in [3.05, 3.63) is 0 Å². The Labute approximate surface area is 127 Å². The van der Waals surface area contributed by atoms with Gasteiger partial charge in [0, 0.05) is 25.2 Å². The molecule has 3 heterocycles. The Bertz CT molecular complexity index is 298. The van der Waals surface area contributed by atoms with Gasteiger partial charge in [-0.25, -0.2) is 0 Å². The lowest BCUT2D eigenvalue weighted by Crippen LogP contribution is -2.48. The highest BCUT2D eigenvalue weighted by Gasteiger charge is 2.37. The van der Waals surface area contributed by atoms with Crippen LogP contribution in [0.5, 0.6) is 0 Å². The summed E-state index contributed by atoms with van der Waals surface area (Å²) in [6.07, 6.45) is 6.10. The second-order valence-electron chi connectivity index (χ2n) is 5.69. The van der Waals surface area contributed by atoms with Crippen LogP contribution in [0.25, 0.3) is 0 Å². The highest BCUT2D eigenvalue weighted by atomic mass is 35.5. The van der Waals surface area contributed by atoms with Crippen LogP contribution in [0.2, 0.25) is 0 Å². The molecule has 0 spiro atoms. The van der Waals surface area contributed by atoms with E-state index in [0.29, 0.717) is 12.1 Å². The zero-order chi connectivity index (χ0) is 11.7. The van der Waals surface area contributed by atoms with Gasteiger partial charge < -0.3 is 10.6 Å². The van der Waals surface area contributed by atoms with Crippen LogP contribution >= 0.6 is 24.8 Å². The molecule has 19 heavy (non-hydrogen) atoms. The first-order valence-electron chi connectivity index (χ1n) is 7.10. The first-order chi connectivity index (χ1) is 8.34. The highest BCUT2D eigenvalue weighted by molar-refractivity contribution is 5.85. The molecule has 3 rings (SSSR count). The maximum absolute atomic E-state index is 12.1. The maximum Gasteiger partial charge on any atom is 0.224 e. The van der Waals surface area contributed by atoms with Gasteiger partial charge in [0.15, 0.2) is 0 Å². The average Bonchev–Trinajstić information content (AvgIpc) is 2.98. The zero-order valence-electron chi connectivity index (χ0n) is 11.3. The van der Waals surface area contributed by atoms with E-state index in [1.165, 1.54) is 32.4 Å². The Morgan fingerprint density at radius 3 is 2.68 bits per heavy atom. The summed E-state index contributed by atoms with van der Waals surface area (Å²) in [5.74, 6) is 0.500. The molecule has 3 fully saturated rings. The number of hydrogen-bond donors (Lipinski definition) is 2. The van der Waals surface area contributed by atoms with Gasteiger partial charge in [-0.2, -0.15) is 0 Å². The van der Waals surface area contributed by atoms with Crippen molar-refractivity contribution in [2.24, 2.45) is 5.92 Å². The lowest BCUT2D eigenvalue weighted by molar-refractivity contribution is -0.125. The number of piperidine rings is 1. The Hall–Kier alpha value is -0.0300. The fraction of sp³-hybridized carbons (Fsp3) is 0.923. The third kappa shape index (κ3) is 3.75. The fourth-order valence-corrected chi connectivity index (χ4v) is 3.59. The van der Waals surface area contributed by atoms with Crippen molar-refractivity contribution in [2.45, 2.75) is 44.2 Å². The first-order valence-corrected chi connectivity index (χ1v) is 7.10. The number of carbonyl (C=O) groups excluding carboxylic acids is 1. The topological polar surface area (TPSA) is 44.4 Å². The fourth-order valence-electron chi connectivity index (χ4n) is 3.59. The quantitative estimate of drug-likeness (QED) is 0.805. The molecule has 3 unspecified atom stereocenters. The molecule has 0 aromatic heterocycles. The molecule has 0 bridgehead atoms. The third-order valence-corrected chi connectivity index (χ3v) is 4.61. The van der Waals surface area contributed by atoms with Crippen LogP contribution in [-0.4, -0.2) is 49.1 Å². The van der Waals surface area contributed by atoms with Crippen LogP contribution in [0.3, 0.4) is 0 Å². The summed E-state index contributed by atoms with van der Waals surface area (Å²) in [7, 11) is 0. The first kappa shape index (κ1) is 17.0. The normalized spacial score (nSPS) is 34.0. The van der Waals surface area contributed by atoms with E-state index < -0.39 is 0 Å². The number of carbonyl (C=O) groups is 1. The molecule has 4 nitrogen and oxygen atoms in total. The van der Waals surface area contributed by atoms with E-state index >= 15 is 0 Å². The molecule has 3 atom stereocenters. The molecule has 3 aliphatic rings. The highest BCUT2D eigenvalue weighted by Crippen LogP contribution is 2.27. The lowest BCUT2D eigenvalue weighted by atomic mass is 9.98. The Kier molecular flexibility index (Phi) is 6.87. The predicted octanol–water partition coefficient (Wildman–Crippen LogP) is 1.18. The summed E-state index contributed by atoms with van der Waals surface area (Å²) >= 11 is 0. The smallest absolute Gasteiger partial charge is 0.224 e. The van der Waals surface area contributed by atoms with E-state index in [1.54, 1.807) is 0 Å². The second-order valence-corrected chi connectivity index (χ2v) is 5.69. The van der Waals surface area contributed by atoms with Gasteiger partial charge in [0.25, 0.3) is 0 Å². The van der Waals surface area contributed by atoms with Gasteiger partial charge in [-0.05, 0) is 38.8 Å². The van der Waals surface area contributed by atoms with Gasteiger partial charge >= 0.3 is 0 Å². The van der Waals surface area contributed by atoms with Crippen LogP contribution in [-0.2, 0) is 4.79 Å². The average molecular weight is 310 g/mol. The SMILES string of the molecule is Cl.Cl.O=C(NC1CCN2CCCCC12)C1CCNC1. The number of halogens is 2. The van der Waals surface area contributed by atoms with Gasteiger partial charge in [0.2, 0.25) is 5.91 Å². The number of fused-ring (bicyclic) bond motifs is 1. The van der Waals surface area contributed by atoms with E-state index in [-0.39, 0.29) is 36.6 Å². The van der Waals surface area contributed by atoms with Crippen molar-refractivity contribution >= 4 is 30.7 Å². The summed E-state index contributed by atoms with van der Waals surface area (Å²) in [6, 6.07) is 1.05. The van der Waals surface area contributed by atoms with Crippen LogP contribution in [0.4, 0.5) is 0 Å². The minimum absolute atomic E-state index is 0. The van der Waals surface area contributed by atoms with Crippen molar-refractivity contribution in [3.63, 3.8) is 0 Å². The molecule has 0 aromatic rings. The monoisotopic (exact) mass is 309 g/mol. The Balaban J connectivity index is 0.000000902. The van der Waals surface area contributed by atoms with Crippen molar-refractivity contribution in [1.82, 2.24) is 15.5 Å². The number of nitrogens with zero attached hydrogens (tertiary/aromatic N) is 1. The Morgan fingerprint density at radius 2 is 1.95 bits per heavy atom. The second kappa shape index (κ2) is 7.67. The van der Waals surface area contributed by atoms with Crippen molar-refractivity contribution in [1.29, 1.82) is 0 Å². The van der Waals surface area contributed by atoms with Gasteiger partial charge in [-0.3, -0.25) is 9.69 Å². The summed E-state index contributed by atoms with van der Waals surface area (Å²) in [6.45, 7) is 4.28. The number of rotatable bonds is 2. The predicted molar refractivity (Wildman–Crippen MR) is 81.2 cm³/mol. The summed E-state index contributed by atoms with van der Waals surface area (Å²) in [5.41, 5.74) is 0. The molecule has 112 valence electrons. The molecule has 2 N–H and O–H groups in total. The molecule has 0 aromatic carbocycles. The number of nitrogens with one attached hydrogen (secondary N) is 2. The molecule has 6 heteroatoms. The van der Waals surface area contributed by atoms with Gasteiger partial charge in [-0.15, -0.1) is 24.8 Å². The molecule has 1 amide bonds. The third-order valence-electron chi connectivity index (χ3n) is 4.61. The van der Waals surface area contributed by atoms with Crippen LogP contribution in [0.1, 0.15) is 32.1 Å². The molecule has 3 aliphatic heterocycles. The molecule has 0 saturated carbocycles. The summed E-state index contributed by atoms with van der Waals surface area (Å²) in [4.78, 5) is 14.7. The van der Waals surface area contributed by atoms with E-state index in [9.17, 15) is 4.79 Å². The lowest BCUT2D eigenvalue weighted by Gasteiger charge is -2.32. The molecule has 3 saturated heterocycles. The van der Waals surface area contributed by atoms with Crippen molar-refractivity contribution < 1.29 is 4.79 Å². The maximum atomic E-state index is 12.1. The van der Waals surface area contributed by atoms with E-state index in [2.05, 4.69) is 15.5 Å².